The van der Waals surface area contributed by atoms with Gasteiger partial charge in [0, 0.05) is 6.20 Å². The molecular formula is C11H17NO. The van der Waals surface area contributed by atoms with Crippen LogP contribution in [0.5, 0.6) is 5.75 Å². The van der Waals surface area contributed by atoms with Gasteiger partial charge in [-0.05, 0) is 30.9 Å². The highest BCUT2D eigenvalue weighted by atomic mass is 16.5. The molecule has 1 heterocycles. The lowest BCUT2D eigenvalue weighted by atomic mass is 10.0. The third-order valence-electron chi connectivity index (χ3n) is 1.96. The van der Waals surface area contributed by atoms with Crippen molar-refractivity contribution in [2.24, 2.45) is 5.92 Å². The molecule has 0 aliphatic heterocycles. The Bertz CT molecular complexity index is 281. The van der Waals surface area contributed by atoms with E-state index in [-0.39, 0.29) is 0 Å². The van der Waals surface area contributed by atoms with Crippen LogP contribution in [0.3, 0.4) is 0 Å². The van der Waals surface area contributed by atoms with Crippen molar-refractivity contribution in [1.82, 2.24) is 4.98 Å². The van der Waals surface area contributed by atoms with E-state index < -0.39 is 0 Å². The number of aryl methyl sites for hydroxylation is 1. The van der Waals surface area contributed by atoms with Gasteiger partial charge in [-0.2, -0.15) is 0 Å². The predicted octanol–water partition coefficient (Wildman–Crippen LogP) is 2.60. The SMILES string of the molecule is COc1cc(CC(C)C)cnc1C. The highest BCUT2D eigenvalue weighted by Crippen LogP contribution is 2.18. The maximum atomic E-state index is 5.20. The van der Waals surface area contributed by atoms with Gasteiger partial charge in [0.25, 0.3) is 0 Å². The number of hydrogen-bond acceptors (Lipinski definition) is 2. The quantitative estimate of drug-likeness (QED) is 0.711. The normalized spacial score (nSPS) is 10.5. The zero-order chi connectivity index (χ0) is 9.84. The molecule has 0 unspecified atom stereocenters. The summed E-state index contributed by atoms with van der Waals surface area (Å²) < 4.78 is 5.20. The van der Waals surface area contributed by atoms with E-state index in [4.69, 9.17) is 4.74 Å². The highest BCUT2D eigenvalue weighted by Gasteiger charge is 2.03. The third-order valence-corrected chi connectivity index (χ3v) is 1.96. The van der Waals surface area contributed by atoms with E-state index in [0.29, 0.717) is 5.92 Å². The number of hydrogen-bond donors (Lipinski definition) is 0. The van der Waals surface area contributed by atoms with Crippen LogP contribution in [-0.4, -0.2) is 12.1 Å². The second kappa shape index (κ2) is 4.26. The molecule has 2 heteroatoms. The van der Waals surface area contributed by atoms with Crippen molar-refractivity contribution in [1.29, 1.82) is 0 Å². The van der Waals surface area contributed by atoms with Crippen molar-refractivity contribution >= 4 is 0 Å². The minimum absolute atomic E-state index is 0.661. The van der Waals surface area contributed by atoms with Crippen LogP contribution in [0.1, 0.15) is 25.1 Å². The fourth-order valence-corrected chi connectivity index (χ4v) is 1.34. The van der Waals surface area contributed by atoms with Crippen LogP contribution < -0.4 is 4.74 Å². The lowest BCUT2D eigenvalue weighted by Gasteiger charge is -2.08. The van der Waals surface area contributed by atoms with E-state index in [1.54, 1.807) is 7.11 Å². The van der Waals surface area contributed by atoms with Gasteiger partial charge in [-0.25, -0.2) is 0 Å². The molecule has 0 spiro atoms. The van der Waals surface area contributed by atoms with Crippen LogP contribution in [-0.2, 0) is 6.42 Å². The molecule has 1 aromatic rings. The Morgan fingerprint density at radius 3 is 2.69 bits per heavy atom. The topological polar surface area (TPSA) is 22.1 Å². The smallest absolute Gasteiger partial charge is 0.140 e. The number of methoxy groups -OCH3 is 1. The molecule has 0 N–H and O–H groups in total. The summed E-state index contributed by atoms with van der Waals surface area (Å²) in [5, 5.41) is 0. The first kappa shape index (κ1) is 10.0. The molecule has 0 aromatic carbocycles. The fourth-order valence-electron chi connectivity index (χ4n) is 1.34. The van der Waals surface area contributed by atoms with Crippen molar-refractivity contribution in [3.63, 3.8) is 0 Å². The van der Waals surface area contributed by atoms with E-state index in [1.165, 1.54) is 5.56 Å². The lowest BCUT2D eigenvalue weighted by Crippen LogP contribution is -1.97. The molecule has 0 saturated heterocycles. The molecule has 0 aliphatic rings. The van der Waals surface area contributed by atoms with E-state index in [2.05, 4.69) is 24.9 Å². The molecule has 1 rings (SSSR count). The minimum atomic E-state index is 0.661. The summed E-state index contributed by atoms with van der Waals surface area (Å²) in [6.07, 6.45) is 2.99. The van der Waals surface area contributed by atoms with E-state index in [0.717, 1.165) is 17.9 Å². The lowest BCUT2D eigenvalue weighted by molar-refractivity contribution is 0.408. The Hall–Kier alpha value is -1.05. The fraction of sp³-hybridized carbons (Fsp3) is 0.545. The van der Waals surface area contributed by atoms with Crippen LogP contribution >= 0.6 is 0 Å². The summed E-state index contributed by atoms with van der Waals surface area (Å²) in [6.45, 7) is 6.36. The van der Waals surface area contributed by atoms with Crippen molar-refractivity contribution in [2.75, 3.05) is 7.11 Å². The monoisotopic (exact) mass is 179 g/mol. The second-order valence-corrected chi connectivity index (χ2v) is 3.73. The molecule has 0 saturated carbocycles. The van der Waals surface area contributed by atoms with Gasteiger partial charge in [0.15, 0.2) is 0 Å². The molecular weight excluding hydrogens is 162 g/mol. The number of pyridine rings is 1. The third kappa shape index (κ3) is 2.72. The Balaban J connectivity index is 2.86. The number of aromatic nitrogens is 1. The maximum Gasteiger partial charge on any atom is 0.140 e. The molecule has 0 aliphatic carbocycles. The van der Waals surface area contributed by atoms with Gasteiger partial charge in [0.1, 0.15) is 5.75 Å². The van der Waals surface area contributed by atoms with Crippen LogP contribution in [0.2, 0.25) is 0 Å². The van der Waals surface area contributed by atoms with Gasteiger partial charge >= 0.3 is 0 Å². The zero-order valence-corrected chi connectivity index (χ0v) is 8.79. The minimum Gasteiger partial charge on any atom is -0.495 e. The summed E-state index contributed by atoms with van der Waals surface area (Å²) in [4.78, 5) is 4.28. The van der Waals surface area contributed by atoms with E-state index >= 15 is 0 Å². The van der Waals surface area contributed by atoms with Gasteiger partial charge in [-0.3, -0.25) is 4.98 Å². The van der Waals surface area contributed by atoms with Gasteiger partial charge in [0.2, 0.25) is 0 Å². The summed E-state index contributed by atoms with van der Waals surface area (Å²) >= 11 is 0. The average molecular weight is 179 g/mol. The predicted molar refractivity (Wildman–Crippen MR) is 54.1 cm³/mol. The molecule has 0 bridgehead atoms. The first-order valence-electron chi connectivity index (χ1n) is 4.63. The Kier molecular flexibility index (Phi) is 3.29. The van der Waals surface area contributed by atoms with Crippen molar-refractivity contribution in [3.8, 4) is 5.75 Å². The molecule has 0 fully saturated rings. The van der Waals surface area contributed by atoms with Crippen LogP contribution in [0, 0.1) is 12.8 Å². The first-order chi connectivity index (χ1) is 6.13. The summed E-state index contributed by atoms with van der Waals surface area (Å²) in [5.74, 6) is 1.55. The largest absolute Gasteiger partial charge is 0.495 e. The Labute approximate surface area is 80.0 Å². The second-order valence-electron chi connectivity index (χ2n) is 3.73. The molecule has 72 valence electrons. The molecule has 1 aromatic heterocycles. The van der Waals surface area contributed by atoms with Crippen molar-refractivity contribution in [2.45, 2.75) is 27.2 Å². The number of rotatable bonds is 3. The van der Waals surface area contributed by atoms with Crippen LogP contribution in [0.4, 0.5) is 0 Å². The zero-order valence-electron chi connectivity index (χ0n) is 8.79. The van der Waals surface area contributed by atoms with Crippen LogP contribution in [0.15, 0.2) is 12.3 Å². The van der Waals surface area contributed by atoms with Gasteiger partial charge < -0.3 is 4.74 Å². The molecule has 0 radical (unpaired) electrons. The molecule has 13 heavy (non-hydrogen) atoms. The average Bonchev–Trinajstić information content (AvgIpc) is 2.07. The Morgan fingerprint density at radius 2 is 2.15 bits per heavy atom. The molecule has 0 atom stereocenters. The highest BCUT2D eigenvalue weighted by molar-refractivity contribution is 5.30. The molecule has 2 nitrogen and oxygen atoms in total. The molecule has 0 amide bonds. The standard InChI is InChI=1S/C11H17NO/c1-8(2)5-10-6-11(13-4)9(3)12-7-10/h6-8H,5H2,1-4H3. The van der Waals surface area contributed by atoms with E-state index in [9.17, 15) is 0 Å². The van der Waals surface area contributed by atoms with Crippen molar-refractivity contribution < 1.29 is 4.74 Å². The summed E-state index contributed by atoms with van der Waals surface area (Å²) in [6, 6.07) is 2.07. The summed E-state index contributed by atoms with van der Waals surface area (Å²) in [5.41, 5.74) is 2.20. The van der Waals surface area contributed by atoms with Crippen molar-refractivity contribution in [3.05, 3.63) is 23.5 Å². The van der Waals surface area contributed by atoms with Crippen LogP contribution in [0.25, 0.3) is 0 Å². The van der Waals surface area contributed by atoms with E-state index in [1.807, 2.05) is 13.1 Å². The maximum absolute atomic E-state index is 5.20. The number of ether oxygens (including phenoxy) is 1. The van der Waals surface area contributed by atoms with Gasteiger partial charge in [0.05, 0.1) is 12.8 Å². The van der Waals surface area contributed by atoms with Gasteiger partial charge in [-0.1, -0.05) is 13.8 Å². The summed E-state index contributed by atoms with van der Waals surface area (Å²) in [7, 11) is 1.68. The Morgan fingerprint density at radius 1 is 1.46 bits per heavy atom. The number of nitrogens with zero attached hydrogens (tertiary/aromatic N) is 1. The van der Waals surface area contributed by atoms with Gasteiger partial charge in [-0.15, -0.1) is 0 Å². The first-order valence-corrected chi connectivity index (χ1v) is 4.63.